The second-order valence-electron chi connectivity index (χ2n) is 9.53. The number of hydrogen-bond acceptors (Lipinski definition) is 10. The fourth-order valence-corrected chi connectivity index (χ4v) is 5.07. The Bertz CT molecular complexity index is 1800. The number of anilines is 2. The van der Waals surface area contributed by atoms with Crippen molar-refractivity contribution in [1.29, 1.82) is 0 Å². The molecule has 2 atom stereocenters. The fourth-order valence-electron chi connectivity index (χ4n) is 4.07. The molecule has 5 aromatic rings. The normalized spacial score (nSPS) is 12.5. The van der Waals surface area contributed by atoms with E-state index in [0.29, 0.717) is 43.6 Å². The van der Waals surface area contributed by atoms with Gasteiger partial charge in [-0.1, -0.05) is 0 Å². The molecule has 3 heterocycles. The lowest BCUT2D eigenvalue weighted by molar-refractivity contribution is -0.114. The summed E-state index contributed by atoms with van der Waals surface area (Å²) in [5.41, 5.74) is 3.94. The summed E-state index contributed by atoms with van der Waals surface area (Å²) in [6, 6.07) is 9.90. The Morgan fingerprint density at radius 2 is 1.79 bits per heavy atom. The highest BCUT2D eigenvalue weighted by molar-refractivity contribution is 7.21. The molecule has 0 saturated heterocycles. The van der Waals surface area contributed by atoms with Crippen LogP contribution in [0.25, 0.3) is 31.8 Å². The number of aromatic nitrogens is 4. The molecule has 0 saturated carbocycles. The number of fused-ring (bicyclic) bond motifs is 2. The zero-order valence-electron chi connectivity index (χ0n) is 23.4. The van der Waals surface area contributed by atoms with Crippen molar-refractivity contribution in [2.45, 2.75) is 39.9 Å². The summed E-state index contributed by atoms with van der Waals surface area (Å²) in [7, 11) is 1.53. The molecule has 0 aliphatic carbocycles. The summed E-state index contributed by atoms with van der Waals surface area (Å²) in [6.07, 6.45) is 0.792. The first kappa shape index (κ1) is 28.6. The van der Waals surface area contributed by atoms with Gasteiger partial charge in [-0.2, -0.15) is 0 Å². The van der Waals surface area contributed by atoms with Gasteiger partial charge in [-0.3, -0.25) is 10.1 Å². The van der Waals surface area contributed by atoms with Gasteiger partial charge in [-0.25, -0.2) is 29.1 Å². The Hall–Kier alpha value is -4.91. The number of methoxy groups -OCH3 is 1. The minimum Gasteiger partial charge on any atom is -0.484 e. The van der Waals surface area contributed by atoms with Gasteiger partial charge in [0, 0.05) is 24.6 Å². The Labute approximate surface area is 244 Å². The van der Waals surface area contributed by atoms with Crippen LogP contribution < -0.4 is 20.1 Å². The molecule has 0 radical (unpaired) electrons. The number of hydrogen-bond donors (Lipinski definition) is 2. The summed E-state index contributed by atoms with van der Waals surface area (Å²) in [6.45, 7) is 6.64. The highest BCUT2D eigenvalue weighted by Crippen LogP contribution is 2.37. The molecule has 2 aromatic carbocycles. The summed E-state index contributed by atoms with van der Waals surface area (Å²) < 4.78 is 32.3. The first-order valence-electron chi connectivity index (χ1n) is 12.9. The number of aryl methyl sites for hydroxylation is 1. The van der Waals surface area contributed by atoms with E-state index in [9.17, 15) is 9.59 Å². The number of halogens is 1. The van der Waals surface area contributed by atoms with Crippen LogP contribution >= 0.6 is 11.3 Å². The molecule has 42 heavy (non-hydrogen) atoms. The number of pyridine rings is 1. The number of amides is 2. The van der Waals surface area contributed by atoms with Crippen LogP contribution in [0.3, 0.4) is 0 Å². The first-order valence-corrected chi connectivity index (χ1v) is 13.7. The predicted octanol–water partition coefficient (Wildman–Crippen LogP) is 6.12. The molecule has 0 bridgehead atoms. The molecular formula is C29H27FN6O5S. The van der Waals surface area contributed by atoms with Crippen molar-refractivity contribution in [3.05, 3.63) is 60.2 Å². The fraction of sp³-hybridized carbons (Fsp3) is 0.241. The maximum atomic E-state index is 15.1. The van der Waals surface area contributed by atoms with Crippen molar-refractivity contribution < 1.29 is 28.2 Å². The summed E-state index contributed by atoms with van der Waals surface area (Å²) in [5.74, 6) is -0.0750. The molecule has 5 rings (SSSR count). The topological polar surface area (TPSA) is 137 Å². The van der Waals surface area contributed by atoms with Gasteiger partial charge in [0.05, 0.1) is 46.4 Å². The average Bonchev–Trinajstić information content (AvgIpc) is 3.35. The highest BCUT2D eigenvalue weighted by atomic mass is 32.1. The van der Waals surface area contributed by atoms with E-state index in [4.69, 9.17) is 14.2 Å². The van der Waals surface area contributed by atoms with Crippen LogP contribution in [-0.2, 0) is 9.53 Å². The molecule has 2 amide bonds. The van der Waals surface area contributed by atoms with Crippen LogP contribution in [0.15, 0.2) is 48.8 Å². The first-order chi connectivity index (χ1) is 20.1. The minimum atomic E-state index is -0.735. The van der Waals surface area contributed by atoms with Crippen molar-refractivity contribution in [2.75, 3.05) is 17.7 Å². The van der Waals surface area contributed by atoms with Crippen molar-refractivity contribution in [1.82, 2.24) is 19.9 Å². The average molecular weight is 591 g/mol. The number of nitrogens with zero attached hydrogens (tertiary/aromatic N) is 4. The number of carbonyl (C=O) groups is 2. The number of rotatable bonds is 8. The standard InChI is InChI=1S/C29H27FN6O5S/c1-14-8-19(27-22(9-14)35-26(39-5)13-32-27)28-36-21-10-20(30)23(11-24(21)42-28)40-15(2)16(3)41-29(38)34-18-6-7-25(31-12-18)33-17(4)37/h6-13,15-16H,1-5H3,(H,34,38)(H,31,33,37)/t15-,16+/m0/s1. The SMILES string of the molecule is COc1cnc2c(-c3nc4cc(F)c(O[C@@H](C)[C@@H](C)OC(=O)Nc5ccc(NC(C)=O)nc5)cc4s3)cc(C)cc2n1. The van der Waals surface area contributed by atoms with Gasteiger partial charge in [0.1, 0.15) is 23.0 Å². The quantitative estimate of drug-likeness (QED) is 0.219. The maximum Gasteiger partial charge on any atom is 0.412 e. The van der Waals surface area contributed by atoms with Crippen LogP contribution in [0.4, 0.5) is 20.7 Å². The molecule has 11 nitrogen and oxygen atoms in total. The maximum absolute atomic E-state index is 15.1. The van der Waals surface area contributed by atoms with Crippen LogP contribution in [0.2, 0.25) is 0 Å². The Morgan fingerprint density at radius 3 is 2.50 bits per heavy atom. The Balaban J connectivity index is 1.29. The number of carbonyl (C=O) groups excluding carboxylic acids is 2. The molecule has 0 aliphatic rings. The van der Waals surface area contributed by atoms with Gasteiger partial charge in [0.2, 0.25) is 11.8 Å². The van der Waals surface area contributed by atoms with Gasteiger partial charge in [0.15, 0.2) is 11.6 Å². The molecule has 0 unspecified atom stereocenters. The summed E-state index contributed by atoms with van der Waals surface area (Å²) >= 11 is 1.38. The molecule has 2 N–H and O–H groups in total. The lowest BCUT2D eigenvalue weighted by atomic mass is 10.1. The molecule has 216 valence electrons. The van der Waals surface area contributed by atoms with Crippen molar-refractivity contribution in [2.24, 2.45) is 0 Å². The predicted molar refractivity (Wildman–Crippen MR) is 158 cm³/mol. The third-order valence-electron chi connectivity index (χ3n) is 6.23. The van der Waals surface area contributed by atoms with Gasteiger partial charge >= 0.3 is 6.09 Å². The molecule has 0 spiro atoms. The van der Waals surface area contributed by atoms with E-state index >= 15 is 4.39 Å². The number of ether oxygens (including phenoxy) is 3. The van der Waals surface area contributed by atoms with E-state index in [1.54, 1.807) is 38.2 Å². The smallest absolute Gasteiger partial charge is 0.412 e. The van der Waals surface area contributed by atoms with Crippen LogP contribution in [-0.4, -0.2) is 51.3 Å². The van der Waals surface area contributed by atoms with Gasteiger partial charge in [-0.05, 0) is 50.6 Å². The van der Waals surface area contributed by atoms with Crippen LogP contribution in [0.5, 0.6) is 11.6 Å². The second-order valence-corrected chi connectivity index (χ2v) is 10.6. The van der Waals surface area contributed by atoms with Gasteiger partial charge in [-0.15, -0.1) is 11.3 Å². The third kappa shape index (κ3) is 6.36. The van der Waals surface area contributed by atoms with Crippen molar-refractivity contribution >= 4 is 56.1 Å². The van der Waals surface area contributed by atoms with E-state index < -0.39 is 24.1 Å². The highest BCUT2D eigenvalue weighted by Gasteiger charge is 2.22. The Kier molecular flexibility index (Phi) is 8.11. The lowest BCUT2D eigenvalue weighted by Gasteiger charge is -2.22. The number of benzene rings is 2. The summed E-state index contributed by atoms with van der Waals surface area (Å²) in [5, 5.41) is 5.76. The van der Waals surface area contributed by atoms with E-state index in [-0.39, 0.29) is 11.7 Å². The zero-order chi connectivity index (χ0) is 30.0. The number of thiazole rings is 1. The Morgan fingerprint density at radius 1 is 0.976 bits per heavy atom. The second kappa shape index (κ2) is 11.9. The van der Waals surface area contributed by atoms with E-state index in [1.807, 2.05) is 19.1 Å². The molecule has 13 heteroatoms. The van der Waals surface area contributed by atoms with Gasteiger partial charge < -0.3 is 19.5 Å². The van der Waals surface area contributed by atoms with Crippen LogP contribution in [0, 0.1) is 12.7 Å². The largest absolute Gasteiger partial charge is 0.484 e. The van der Waals surface area contributed by atoms with E-state index in [1.165, 1.54) is 37.6 Å². The van der Waals surface area contributed by atoms with Crippen LogP contribution in [0.1, 0.15) is 26.3 Å². The minimum absolute atomic E-state index is 0.0115. The molecular weight excluding hydrogens is 563 g/mol. The third-order valence-corrected chi connectivity index (χ3v) is 7.28. The van der Waals surface area contributed by atoms with E-state index in [2.05, 4.69) is 30.6 Å². The van der Waals surface area contributed by atoms with E-state index in [0.717, 1.165) is 11.1 Å². The zero-order valence-corrected chi connectivity index (χ0v) is 24.2. The monoisotopic (exact) mass is 590 g/mol. The van der Waals surface area contributed by atoms with Gasteiger partial charge in [0.25, 0.3) is 0 Å². The molecule has 0 aliphatic heterocycles. The molecule has 3 aromatic heterocycles. The lowest BCUT2D eigenvalue weighted by Crippen LogP contribution is -2.32. The molecule has 0 fully saturated rings. The van der Waals surface area contributed by atoms with Crippen molar-refractivity contribution in [3.8, 4) is 22.2 Å². The number of nitrogens with one attached hydrogen (secondary N) is 2. The summed E-state index contributed by atoms with van der Waals surface area (Å²) in [4.78, 5) is 41.2. The van der Waals surface area contributed by atoms with Crippen molar-refractivity contribution in [3.63, 3.8) is 0 Å².